The molecule has 3 nitrogen and oxygen atoms in total. The molecule has 15 heavy (non-hydrogen) atoms. The van der Waals surface area contributed by atoms with Crippen LogP contribution in [0.5, 0.6) is 0 Å². The SMILES string of the molecule is CCc1ncnc(SCCN(C)C)c1F. The maximum atomic E-state index is 13.6. The summed E-state index contributed by atoms with van der Waals surface area (Å²) in [4.78, 5) is 9.90. The van der Waals surface area contributed by atoms with Crippen molar-refractivity contribution in [2.24, 2.45) is 0 Å². The molecule has 0 radical (unpaired) electrons. The Kier molecular flexibility index (Phi) is 4.98. The molecule has 0 bridgehead atoms. The second-order valence-corrected chi connectivity index (χ2v) is 4.53. The van der Waals surface area contributed by atoms with Gasteiger partial charge in [-0.1, -0.05) is 6.92 Å². The average molecular weight is 229 g/mol. The summed E-state index contributed by atoms with van der Waals surface area (Å²) in [7, 11) is 3.99. The zero-order valence-corrected chi connectivity index (χ0v) is 10.1. The third-order valence-corrected chi connectivity index (χ3v) is 2.89. The first-order valence-corrected chi connectivity index (χ1v) is 5.90. The predicted molar refractivity (Wildman–Crippen MR) is 60.6 cm³/mol. The van der Waals surface area contributed by atoms with Crippen molar-refractivity contribution in [3.8, 4) is 0 Å². The predicted octanol–water partition coefficient (Wildman–Crippen LogP) is 1.83. The van der Waals surface area contributed by atoms with Gasteiger partial charge in [0, 0.05) is 12.3 Å². The maximum absolute atomic E-state index is 13.6. The highest BCUT2D eigenvalue weighted by Crippen LogP contribution is 2.20. The number of hydrogen-bond donors (Lipinski definition) is 0. The van der Waals surface area contributed by atoms with Gasteiger partial charge in [-0.15, -0.1) is 11.8 Å². The quantitative estimate of drug-likeness (QED) is 0.569. The first kappa shape index (κ1) is 12.4. The summed E-state index contributed by atoms with van der Waals surface area (Å²) in [6, 6.07) is 0. The molecule has 0 atom stereocenters. The Morgan fingerprint density at radius 3 is 2.73 bits per heavy atom. The molecule has 0 aliphatic carbocycles. The van der Waals surface area contributed by atoms with Crippen molar-refractivity contribution in [1.29, 1.82) is 0 Å². The second-order valence-electron chi connectivity index (χ2n) is 3.44. The van der Waals surface area contributed by atoms with E-state index >= 15 is 0 Å². The van der Waals surface area contributed by atoms with Crippen molar-refractivity contribution < 1.29 is 4.39 Å². The number of hydrogen-bond acceptors (Lipinski definition) is 4. The van der Waals surface area contributed by atoms with Crippen LogP contribution >= 0.6 is 11.8 Å². The van der Waals surface area contributed by atoms with Gasteiger partial charge in [-0.3, -0.25) is 0 Å². The summed E-state index contributed by atoms with van der Waals surface area (Å²) in [5.41, 5.74) is 0.498. The molecule has 1 heterocycles. The highest BCUT2D eigenvalue weighted by atomic mass is 32.2. The van der Waals surface area contributed by atoms with Crippen molar-refractivity contribution in [1.82, 2.24) is 14.9 Å². The first-order chi connectivity index (χ1) is 7.15. The Bertz CT molecular complexity index is 318. The van der Waals surface area contributed by atoms with E-state index in [0.29, 0.717) is 17.1 Å². The van der Waals surface area contributed by atoms with E-state index in [4.69, 9.17) is 0 Å². The van der Waals surface area contributed by atoms with Gasteiger partial charge in [0.1, 0.15) is 11.4 Å². The molecule has 0 N–H and O–H groups in total. The fourth-order valence-electron chi connectivity index (χ4n) is 1.06. The van der Waals surface area contributed by atoms with Crippen LogP contribution in [0.3, 0.4) is 0 Å². The lowest BCUT2D eigenvalue weighted by atomic mass is 10.3. The molecule has 0 unspecified atom stereocenters. The number of halogens is 1. The van der Waals surface area contributed by atoms with Crippen molar-refractivity contribution in [2.75, 3.05) is 26.4 Å². The fourth-order valence-corrected chi connectivity index (χ4v) is 2.08. The van der Waals surface area contributed by atoms with Crippen molar-refractivity contribution >= 4 is 11.8 Å². The number of thioether (sulfide) groups is 1. The van der Waals surface area contributed by atoms with Gasteiger partial charge in [0.05, 0.1) is 5.69 Å². The van der Waals surface area contributed by atoms with Gasteiger partial charge in [-0.05, 0) is 20.5 Å². The van der Waals surface area contributed by atoms with Crippen LogP contribution in [0.25, 0.3) is 0 Å². The molecule has 1 aromatic heterocycles. The average Bonchev–Trinajstić information content (AvgIpc) is 2.20. The van der Waals surface area contributed by atoms with E-state index < -0.39 is 0 Å². The van der Waals surface area contributed by atoms with Crippen molar-refractivity contribution in [3.63, 3.8) is 0 Å². The van der Waals surface area contributed by atoms with E-state index in [1.807, 2.05) is 21.0 Å². The van der Waals surface area contributed by atoms with E-state index in [0.717, 1.165) is 12.3 Å². The van der Waals surface area contributed by atoms with Gasteiger partial charge >= 0.3 is 0 Å². The van der Waals surface area contributed by atoms with E-state index in [1.54, 1.807) is 0 Å². The summed E-state index contributed by atoms with van der Waals surface area (Å²) in [6.07, 6.45) is 2.04. The molecule has 5 heteroatoms. The van der Waals surface area contributed by atoms with E-state index in [-0.39, 0.29) is 5.82 Å². The Labute approximate surface area is 94.1 Å². The molecule has 0 aliphatic rings. The molecule has 84 valence electrons. The third kappa shape index (κ3) is 3.76. The van der Waals surface area contributed by atoms with E-state index in [1.165, 1.54) is 18.1 Å². The zero-order chi connectivity index (χ0) is 11.3. The Morgan fingerprint density at radius 2 is 2.13 bits per heavy atom. The molecular weight excluding hydrogens is 213 g/mol. The summed E-state index contributed by atoms with van der Waals surface area (Å²) < 4.78 is 13.6. The summed E-state index contributed by atoms with van der Waals surface area (Å²) in [5.74, 6) is 0.577. The fraction of sp³-hybridized carbons (Fsp3) is 0.600. The summed E-state index contributed by atoms with van der Waals surface area (Å²) in [5, 5.41) is 0.462. The van der Waals surface area contributed by atoms with Crippen LogP contribution in [0.4, 0.5) is 4.39 Å². The molecule has 1 rings (SSSR count). The highest BCUT2D eigenvalue weighted by molar-refractivity contribution is 7.99. The van der Waals surface area contributed by atoms with Gasteiger partial charge in [-0.2, -0.15) is 0 Å². The Hall–Kier alpha value is -0.680. The summed E-state index contributed by atoms with van der Waals surface area (Å²) in [6.45, 7) is 2.80. The largest absolute Gasteiger partial charge is 0.309 e. The van der Waals surface area contributed by atoms with Gasteiger partial charge in [0.15, 0.2) is 5.82 Å². The minimum absolute atomic E-state index is 0.260. The first-order valence-electron chi connectivity index (χ1n) is 4.92. The Morgan fingerprint density at radius 1 is 1.40 bits per heavy atom. The second kappa shape index (κ2) is 6.02. The van der Waals surface area contributed by atoms with Crippen LogP contribution in [0.15, 0.2) is 11.4 Å². The molecule has 0 aliphatic heterocycles. The molecule has 1 aromatic rings. The number of nitrogens with zero attached hydrogens (tertiary/aromatic N) is 3. The van der Waals surface area contributed by atoms with Gasteiger partial charge in [0.2, 0.25) is 0 Å². The number of rotatable bonds is 5. The lowest BCUT2D eigenvalue weighted by Gasteiger charge is -2.09. The third-order valence-electron chi connectivity index (χ3n) is 1.94. The van der Waals surface area contributed by atoms with E-state index in [2.05, 4.69) is 14.9 Å². The topological polar surface area (TPSA) is 29.0 Å². The number of aromatic nitrogens is 2. The highest BCUT2D eigenvalue weighted by Gasteiger charge is 2.09. The minimum Gasteiger partial charge on any atom is -0.309 e. The molecule has 0 spiro atoms. The minimum atomic E-state index is -0.260. The van der Waals surface area contributed by atoms with Crippen LogP contribution in [-0.4, -0.2) is 41.3 Å². The van der Waals surface area contributed by atoms with Gasteiger partial charge in [0.25, 0.3) is 0 Å². The van der Waals surface area contributed by atoms with Crippen LogP contribution < -0.4 is 0 Å². The van der Waals surface area contributed by atoms with Crippen molar-refractivity contribution in [3.05, 3.63) is 17.8 Å². The van der Waals surface area contributed by atoms with E-state index in [9.17, 15) is 4.39 Å². The monoisotopic (exact) mass is 229 g/mol. The molecule has 0 aromatic carbocycles. The van der Waals surface area contributed by atoms with Crippen LogP contribution in [0.1, 0.15) is 12.6 Å². The molecular formula is C10H16FN3S. The molecule has 0 saturated carbocycles. The molecule has 0 amide bonds. The van der Waals surface area contributed by atoms with Crippen LogP contribution in [0, 0.1) is 5.82 Å². The zero-order valence-electron chi connectivity index (χ0n) is 9.33. The number of aryl methyl sites for hydroxylation is 1. The van der Waals surface area contributed by atoms with Gasteiger partial charge in [-0.25, -0.2) is 14.4 Å². The Balaban J connectivity index is 2.61. The molecule has 0 fully saturated rings. The smallest absolute Gasteiger partial charge is 0.176 e. The standard InChI is InChI=1S/C10H16FN3S/c1-4-8-9(11)10(13-7-12-8)15-6-5-14(2)3/h7H,4-6H2,1-3H3. The van der Waals surface area contributed by atoms with Crippen LogP contribution in [-0.2, 0) is 6.42 Å². The summed E-state index contributed by atoms with van der Waals surface area (Å²) >= 11 is 1.44. The normalized spacial score (nSPS) is 11.0. The van der Waals surface area contributed by atoms with Crippen LogP contribution in [0.2, 0.25) is 0 Å². The lowest BCUT2D eigenvalue weighted by Crippen LogP contribution is -2.15. The van der Waals surface area contributed by atoms with Crippen molar-refractivity contribution in [2.45, 2.75) is 18.4 Å². The molecule has 0 saturated heterocycles. The van der Waals surface area contributed by atoms with Gasteiger partial charge < -0.3 is 4.90 Å². The lowest BCUT2D eigenvalue weighted by molar-refractivity contribution is 0.437. The maximum Gasteiger partial charge on any atom is 0.176 e.